The maximum absolute atomic E-state index is 11.7. The summed E-state index contributed by atoms with van der Waals surface area (Å²) in [5.74, 6) is -2.00. The summed E-state index contributed by atoms with van der Waals surface area (Å²) in [4.78, 5) is 34.1. The third-order valence-electron chi connectivity index (χ3n) is 3.47. The van der Waals surface area contributed by atoms with Crippen molar-refractivity contribution < 1.29 is 28.8 Å². The van der Waals surface area contributed by atoms with Gasteiger partial charge in [-0.2, -0.15) is 0 Å². The van der Waals surface area contributed by atoms with Gasteiger partial charge in [-0.15, -0.1) is 0 Å². The molecule has 1 heterocycles. The van der Waals surface area contributed by atoms with E-state index in [0.29, 0.717) is 5.56 Å². The van der Waals surface area contributed by atoms with Crippen molar-refractivity contribution in [3.05, 3.63) is 29.3 Å². The second-order valence-corrected chi connectivity index (χ2v) is 5.14. The molecule has 23 heavy (non-hydrogen) atoms. The van der Waals surface area contributed by atoms with Gasteiger partial charge in [0.1, 0.15) is 11.3 Å². The average Bonchev–Trinajstić information content (AvgIpc) is 2.52. The van der Waals surface area contributed by atoms with E-state index < -0.39 is 30.8 Å². The van der Waals surface area contributed by atoms with Gasteiger partial charge in [-0.05, 0) is 18.1 Å². The first-order valence-electron chi connectivity index (χ1n) is 7.05. The van der Waals surface area contributed by atoms with Crippen LogP contribution in [0.4, 0.5) is 0 Å². The predicted octanol–water partition coefficient (Wildman–Crippen LogP) is -0.822. The van der Waals surface area contributed by atoms with E-state index in [4.69, 9.17) is 10.4 Å². The zero-order valence-corrected chi connectivity index (χ0v) is 12.6. The van der Waals surface area contributed by atoms with E-state index in [1.165, 1.54) is 13.2 Å². The SMILES string of the molecule is COC(=O)c1cccc2c1OB(O)C(NC(=O)CCC(N)=O)C2. The third-order valence-corrected chi connectivity index (χ3v) is 3.47. The van der Waals surface area contributed by atoms with Gasteiger partial charge < -0.3 is 25.5 Å². The summed E-state index contributed by atoms with van der Waals surface area (Å²) in [5, 5.41) is 12.6. The molecule has 0 fully saturated rings. The van der Waals surface area contributed by atoms with Crippen LogP contribution in [-0.4, -0.2) is 43.0 Å². The zero-order chi connectivity index (χ0) is 17.0. The Morgan fingerprint density at radius 3 is 2.83 bits per heavy atom. The highest BCUT2D eigenvalue weighted by Crippen LogP contribution is 2.30. The molecule has 0 bridgehead atoms. The Morgan fingerprint density at radius 2 is 2.17 bits per heavy atom. The molecule has 0 saturated heterocycles. The number of rotatable bonds is 5. The molecule has 0 saturated carbocycles. The van der Waals surface area contributed by atoms with E-state index in [-0.39, 0.29) is 30.6 Å². The van der Waals surface area contributed by atoms with Crippen LogP contribution in [-0.2, 0) is 20.7 Å². The van der Waals surface area contributed by atoms with Crippen molar-refractivity contribution in [2.24, 2.45) is 5.73 Å². The normalized spacial score (nSPS) is 16.1. The number of carbonyl (C=O) groups excluding carboxylic acids is 3. The van der Waals surface area contributed by atoms with Gasteiger partial charge in [0.15, 0.2) is 0 Å². The summed E-state index contributed by atoms with van der Waals surface area (Å²) in [6.07, 6.45) is 0.149. The van der Waals surface area contributed by atoms with Gasteiger partial charge in [0.05, 0.1) is 13.1 Å². The molecular formula is C14H17BN2O6. The number of benzene rings is 1. The third kappa shape index (κ3) is 4.01. The van der Waals surface area contributed by atoms with Crippen molar-refractivity contribution >= 4 is 24.9 Å². The molecule has 2 rings (SSSR count). The molecule has 1 atom stereocenters. The Labute approximate surface area is 133 Å². The van der Waals surface area contributed by atoms with Crippen LogP contribution in [0.3, 0.4) is 0 Å². The first-order chi connectivity index (χ1) is 10.9. The molecule has 0 aliphatic carbocycles. The van der Waals surface area contributed by atoms with Crippen LogP contribution in [0.1, 0.15) is 28.8 Å². The maximum atomic E-state index is 11.7. The number of primary amides is 1. The van der Waals surface area contributed by atoms with Crippen LogP contribution in [0, 0.1) is 0 Å². The van der Waals surface area contributed by atoms with Gasteiger partial charge in [0, 0.05) is 12.8 Å². The fourth-order valence-corrected chi connectivity index (χ4v) is 2.33. The fraction of sp³-hybridized carbons (Fsp3) is 0.357. The van der Waals surface area contributed by atoms with Crippen molar-refractivity contribution in [1.29, 1.82) is 0 Å². The summed E-state index contributed by atoms with van der Waals surface area (Å²) in [6.45, 7) is 0. The highest BCUT2D eigenvalue weighted by atomic mass is 16.5. The molecule has 1 aromatic rings. The van der Waals surface area contributed by atoms with E-state index in [0.717, 1.165) is 0 Å². The fourth-order valence-electron chi connectivity index (χ4n) is 2.33. The van der Waals surface area contributed by atoms with Gasteiger partial charge in [0.2, 0.25) is 11.8 Å². The molecular weight excluding hydrogens is 303 g/mol. The molecule has 122 valence electrons. The number of para-hydroxylation sites is 1. The number of hydrogen-bond acceptors (Lipinski definition) is 6. The Bertz CT molecular complexity index is 636. The van der Waals surface area contributed by atoms with Gasteiger partial charge in [-0.3, -0.25) is 9.59 Å². The number of carbonyl (C=O) groups is 3. The summed E-state index contributed by atoms with van der Waals surface area (Å²) in [5.41, 5.74) is 5.86. The maximum Gasteiger partial charge on any atom is 0.547 e. The van der Waals surface area contributed by atoms with E-state index >= 15 is 0 Å². The number of ether oxygens (including phenoxy) is 1. The number of amides is 2. The smallest absolute Gasteiger partial charge is 0.534 e. The molecule has 1 aliphatic rings. The van der Waals surface area contributed by atoms with Crippen LogP contribution in [0.15, 0.2) is 18.2 Å². The van der Waals surface area contributed by atoms with Crippen LogP contribution in [0.25, 0.3) is 0 Å². The van der Waals surface area contributed by atoms with Gasteiger partial charge >= 0.3 is 13.1 Å². The number of methoxy groups -OCH3 is 1. The Balaban J connectivity index is 2.11. The molecule has 0 aromatic heterocycles. The lowest BCUT2D eigenvalue weighted by Crippen LogP contribution is -2.53. The van der Waals surface area contributed by atoms with E-state index in [1.54, 1.807) is 12.1 Å². The average molecular weight is 320 g/mol. The standard InChI is InChI=1S/C14H17BN2O6/c1-22-14(20)9-4-2-3-8-7-10(15(21)23-13(8)9)17-12(19)6-5-11(16)18/h2-4,10,21H,5-7H2,1H3,(H2,16,18)(H,17,19). The topological polar surface area (TPSA) is 128 Å². The predicted molar refractivity (Wildman–Crippen MR) is 80.4 cm³/mol. The van der Waals surface area contributed by atoms with Gasteiger partial charge in [-0.25, -0.2) is 4.79 Å². The van der Waals surface area contributed by atoms with Crippen molar-refractivity contribution in [3.63, 3.8) is 0 Å². The number of nitrogens with one attached hydrogen (secondary N) is 1. The minimum absolute atomic E-state index is 0.0619. The Kier molecular flexibility index (Phi) is 5.22. The molecule has 1 aliphatic heterocycles. The highest BCUT2D eigenvalue weighted by molar-refractivity contribution is 6.47. The second kappa shape index (κ2) is 7.14. The number of esters is 1. The van der Waals surface area contributed by atoms with Crippen LogP contribution >= 0.6 is 0 Å². The lowest BCUT2D eigenvalue weighted by atomic mass is 9.72. The van der Waals surface area contributed by atoms with Crippen molar-refractivity contribution in [2.45, 2.75) is 25.2 Å². The van der Waals surface area contributed by atoms with Crippen molar-refractivity contribution in [2.75, 3.05) is 7.11 Å². The summed E-state index contributed by atoms with van der Waals surface area (Å²) in [7, 11) is -0.0613. The van der Waals surface area contributed by atoms with Gasteiger partial charge in [0.25, 0.3) is 0 Å². The molecule has 9 heteroatoms. The van der Waals surface area contributed by atoms with Gasteiger partial charge in [-0.1, -0.05) is 12.1 Å². The van der Waals surface area contributed by atoms with E-state index in [1.807, 2.05) is 0 Å². The van der Waals surface area contributed by atoms with Crippen LogP contribution < -0.4 is 15.7 Å². The van der Waals surface area contributed by atoms with E-state index in [9.17, 15) is 19.4 Å². The highest BCUT2D eigenvalue weighted by Gasteiger charge is 2.37. The molecule has 1 aromatic carbocycles. The summed E-state index contributed by atoms with van der Waals surface area (Å²) in [6, 6.07) is 4.93. The molecule has 2 amide bonds. The van der Waals surface area contributed by atoms with Crippen LogP contribution in [0.2, 0.25) is 0 Å². The van der Waals surface area contributed by atoms with Crippen LogP contribution in [0.5, 0.6) is 5.75 Å². The molecule has 4 N–H and O–H groups in total. The summed E-state index contributed by atoms with van der Waals surface area (Å²) < 4.78 is 10.0. The van der Waals surface area contributed by atoms with Crippen molar-refractivity contribution in [3.8, 4) is 5.75 Å². The minimum atomic E-state index is -1.31. The Hall–Kier alpha value is -2.55. The lowest BCUT2D eigenvalue weighted by Gasteiger charge is -2.29. The first-order valence-corrected chi connectivity index (χ1v) is 7.05. The zero-order valence-electron chi connectivity index (χ0n) is 12.6. The molecule has 0 spiro atoms. The minimum Gasteiger partial charge on any atom is -0.534 e. The van der Waals surface area contributed by atoms with E-state index in [2.05, 4.69) is 10.1 Å². The Morgan fingerprint density at radius 1 is 1.43 bits per heavy atom. The first kappa shape index (κ1) is 16.8. The molecule has 1 unspecified atom stereocenters. The van der Waals surface area contributed by atoms with Crippen molar-refractivity contribution in [1.82, 2.24) is 5.32 Å². The number of fused-ring (bicyclic) bond motifs is 1. The largest absolute Gasteiger partial charge is 0.547 e. The quantitative estimate of drug-likeness (QED) is 0.480. The molecule has 8 nitrogen and oxygen atoms in total. The number of nitrogens with two attached hydrogens (primary N) is 1. The monoisotopic (exact) mass is 320 g/mol. The molecule has 0 radical (unpaired) electrons. The second-order valence-electron chi connectivity index (χ2n) is 5.14. The number of hydrogen-bond donors (Lipinski definition) is 3. The summed E-state index contributed by atoms with van der Waals surface area (Å²) >= 11 is 0. The lowest BCUT2D eigenvalue weighted by molar-refractivity contribution is -0.125.